The van der Waals surface area contributed by atoms with Crippen LogP contribution in [-0.4, -0.2) is 11.2 Å². The molecule has 2 aromatic carbocycles. The lowest BCUT2D eigenvalue weighted by molar-refractivity contribution is -0.120. The van der Waals surface area contributed by atoms with Gasteiger partial charge in [0.25, 0.3) is 0 Å². The lowest BCUT2D eigenvalue weighted by atomic mass is 10.2. The molecule has 0 saturated carbocycles. The van der Waals surface area contributed by atoms with Crippen LogP contribution in [0.4, 0.5) is 0 Å². The maximum absolute atomic E-state index is 12.1. The summed E-state index contributed by atoms with van der Waals surface area (Å²) in [6, 6.07) is 15.9. The number of carbonyl (C=O) groups is 1. The highest BCUT2D eigenvalue weighted by Crippen LogP contribution is 2.19. The average Bonchev–Trinajstić information content (AvgIpc) is 2.51. The van der Waals surface area contributed by atoms with E-state index in [0.29, 0.717) is 11.6 Å². The van der Waals surface area contributed by atoms with E-state index in [9.17, 15) is 4.79 Å². The van der Waals surface area contributed by atoms with Crippen molar-refractivity contribution >= 4 is 29.3 Å². The third-order valence-electron chi connectivity index (χ3n) is 3.36. The van der Waals surface area contributed by atoms with Crippen molar-refractivity contribution in [3.05, 3.63) is 70.2 Å². The minimum absolute atomic E-state index is 0.0394. The predicted octanol–water partition coefficient (Wildman–Crippen LogP) is 4.59. The zero-order valence-electron chi connectivity index (χ0n) is 12.8. The highest BCUT2D eigenvalue weighted by Gasteiger charge is 2.13. The first-order chi connectivity index (χ1) is 10.6. The van der Waals surface area contributed by atoms with E-state index in [0.717, 1.165) is 11.3 Å². The lowest BCUT2D eigenvalue weighted by Crippen LogP contribution is -2.30. The van der Waals surface area contributed by atoms with E-state index in [4.69, 9.17) is 11.6 Å². The standard InChI is InChI=1S/C18H20ClNOS/c1-13-6-5-7-15(10-13)12-22-14(2)18(21)20-11-16-8-3-4-9-17(16)19/h3-10,14H,11-12H2,1-2H3,(H,20,21)/t14-/m0/s1. The van der Waals surface area contributed by atoms with E-state index in [-0.39, 0.29) is 11.2 Å². The number of hydrogen-bond donors (Lipinski definition) is 1. The second kappa shape index (κ2) is 8.25. The number of thioether (sulfide) groups is 1. The molecule has 1 atom stereocenters. The summed E-state index contributed by atoms with van der Waals surface area (Å²) in [4.78, 5) is 12.1. The zero-order valence-corrected chi connectivity index (χ0v) is 14.4. The largest absolute Gasteiger partial charge is 0.351 e. The van der Waals surface area contributed by atoms with Crippen LogP contribution in [0.3, 0.4) is 0 Å². The topological polar surface area (TPSA) is 29.1 Å². The van der Waals surface area contributed by atoms with Gasteiger partial charge in [-0.2, -0.15) is 0 Å². The summed E-state index contributed by atoms with van der Waals surface area (Å²) in [6.45, 7) is 4.48. The third-order valence-corrected chi connectivity index (χ3v) is 4.95. The maximum atomic E-state index is 12.1. The van der Waals surface area contributed by atoms with Gasteiger partial charge in [-0.3, -0.25) is 4.79 Å². The van der Waals surface area contributed by atoms with Crippen molar-refractivity contribution in [3.8, 4) is 0 Å². The average molecular weight is 334 g/mol. The van der Waals surface area contributed by atoms with E-state index < -0.39 is 0 Å². The Balaban J connectivity index is 1.81. The van der Waals surface area contributed by atoms with Gasteiger partial charge in [0.2, 0.25) is 5.91 Å². The molecule has 1 N–H and O–H groups in total. The summed E-state index contributed by atoms with van der Waals surface area (Å²) in [6.07, 6.45) is 0. The van der Waals surface area contributed by atoms with Crippen LogP contribution in [0.15, 0.2) is 48.5 Å². The second-order valence-electron chi connectivity index (χ2n) is 5.25. The fraction of sp³-hybridized carbons (Fsp3) is 0.278. The molecule has 0 aliphatic rings. The molecule has 0 aromatic heterocycles. The molecule has 0 aliphatic carbocycles. The van der Waals surface area contributed by atoms with Crippen LogP contribution in [0, 0.1) is 6.92 Å². The van der Waals surface area contributed by atoms with Crippen LogP contribution in [0.1, 0.15) is 23.6 Å². The van der Waals surface area contributed by atoms with E-state index in [1.54, 1.807) is 11.8 Å². The van der Waals surface area contributed by atoms with Gasteiger partial charge in [-0.25, -0.2) is 0 Å². The Labute approximate surface area is 141 Å². The first-order valence-electron chi connectivity index (χ1n) is 7.24. The van der Waals surface area contributed by atoms with Crippen LogP contribution in [0.2, 0.25) is 5.02 Å². The van der Waals surface area contributed by atoms with Crippen molar-refractivity contribution in [3.63, 3.8) is 0 Å². The van der Waals surface area contributed by atoms with Crippen molar-refractivity contribution < 1.29 is 4.79 Å². The summed E-state index contributed by atoms with van der Waals surface area (Å²) in [7, 11) is 0. The number of hydrogen-bond acceptors (Lipinski definition) is 2. The normalized spacial score (nSPS) is 12.0. The minimum Gasteiger partial charge on any atom is -0.351 e. The van der Waals surface area contributed by atoms with Crippen molar-refractivity contribution in [2.45, 2.75) is 31.4 Å². The highest BCUT2D eigenvalue weighted by molar-refractivity contribution is 7.99. The van der Waals surface area contributed by atoms with Crippen molar-refractivity contribution in [1.82, 2.24) is 5.32 Å². The summed E-state index contributed by atoms with van der Waals surface area (Å²) < 4.78 is 0. The molecule has 1 amide bonds. The molecule has 0 spiro atoms. The Morgan fingerprint density at radius 1 is 1.23 bits per heavy atom. The van der Waals surface area contributed by atoms with Gasteiger partial charge in [-0.15, -0.1) is 11.8 Å². The molecule has 0 radical (unpaired) electrons. The van der Waals surface area contributed by atoms with E-state index in [1.165, 1.54) is 11.1 Å². The van der Waals surface area contributed by atoms with Crippen LogP contribution in [-0.2, 0) is 17.1 Å². The lowest BCUT2D eigenvalue weighted by Gasteiger charge is -2.13. The predicted molar refractivity (Wildman–Crippen MR) is 95.2 cm³/mol. The van der Waals surface area contributed by atoms with Gasteiger partial charge in [0.1, 0.15) is 0 Å². The molecule has 2 rings (SSSR count). The molecular weight excluding hydrogens is 314 g/mol. The van der Waals surface area contributed by atoms with Crippen LogP contribution in [0.5, 0.6) is 0 Å². The number of halogens is 1. The van der Waals surface area contributed by atoms with Crippen molar-refractivity contribution in [2.75, 3.05) is 0 Å². The van der Waals surface area contributed by atoms with Gasteiger partial charge >= 0.3 is 0 Å². The van der Waals surface area contributed by atoms with Crippen LogP contribution in [0.25, 0.3) is 0 Å². The molecule has 116 valence electrons. The van der Waals surface area contributed by atoms with Gasteiger partial charge in [0.05, 0.1) is 5.25 Å². The van der Waals surface area contributed by atoms with E-state index in [2.05, 4.69) is 30.4 Å². The molecule has 0 heterocycles. The van der Waals surface area contributed by atoms with Gasteiger partial charge < -0.3 is 5.32 Å². The Morgan fingerprint density at radius 2 is 2.00 bits per heavy atom. The number of nitrogens with one attached hydrogen (secondary N) is 1. The van der Waals surface area contributed by atoms with E-state index in [1.807, 2.05) is 37.3 Å². The smallest absolute Gasteiger partial charge is 0.233 e. The van der Waals surface area contributed by atoms with E-state index >= 15 is 0 Å². The molecular formula is C18H20ClNOS. The summed E-state index contributed by atoms with van der Waals surface area (Å²) in [5.41, 5.74) is 3.43. The first kappa shape index (κ1) is 16.9. The number of carbonyl (C=O) groups excluding carboxylic acids is 1. The quantitative estimate of drug-likeness (QED) is 0.838. The molecule has 4 heteroatoms. The molecule has 0 unspecified atom stereocenters. The molecule has 22 heavy (non-hydrogen) atoms. The third kappa shape index (κ3) is 5.08. The summed E-state index contributed by atoms with van der Waals surface area (Å²) in [5.74, 6) is 0.875. The van der Waals surface area contributed by atoms with Crippen LogP contribution >= 0.6 is 23.4 Å². The fourth-order valence-corrected chi connectivity index (χ4v) is 3.13. The van der Waals surface area contributed by atoms with Crippen molar-refractivity contribution in [2.24, 2.45) is 0 Å². The van der Waals surface area contributed by atoms with Gasteiger partial charge in [0.15, 0.2) is 0 Å². The molecule has 2 aromatic rings. The Hall–Kier alpha value is -1.45. The SMILES string of the molecule is Cc1cccc(CS[C@@H](C)C(=O)NCc2ccccc2Cl)c1. The molecule has 0 fully saturated rings. The second-order valence-corrected chi connectivity index (χ2v) is 6.99. The monoisotopic (exact) mass is 333 g/mol. The minimum atomic E-state index is -0.0944. The number of benzene rings is 2. The highest BCUT2D eigenvalue weighted by atomic mass is 35.5. The molecule has 0 aliphatic heterocycles. The Kier molecular flexibility index (Phi) is 6.34. The van der Waals surface area contributed by atoms with Crippen LogP contribution < -0.4 is 5.32 Å². The number of aryl methyl sites for hydroxylation is 1. The number of rotatable bonds is 6. The summed E-state index contributed by atoms with van der Waals surface area (Å²) in [5, 5.41) is 3.53. The first-order valence-corrected chi connectivity index (χ1v) is 8.67. The van der Waals surface area contributed by atoms with Gasteiger partial charge in [-0.05, 0) is 31.0 Å². The summed E-state index contributed by atoms with van der Waals surface area (Å²) >= 11 is 7.73. The fourth-order valence-electron chi connectivity index (χ4n) is 2.07. The molecule has 2 nitrogen and oxygen atoms in total. The number of amides is 1. The molecule has 0 saturated heterocycles. The Bertz CT molecular complexity index is 644. The maximum Gasteiger partial charge on any atom is 0.233 e. The Morgan fingerprint density at radius 3 is 2.73 bits per heavy atom. The van der Waals surface area contributed by atoms with Gasteiger partial charge in [0, 0.05) is 17.3 Å². The van der Waals surface area contributed by atoms with Crippen molar-refractivity contribution in [1.29, 1.82) is 0 Å². The molecule has 0 bridgehead atoms. The van der Waals surface area contributed by atoms with Gasteiger partial charge in [-0.1, -0.05) is 59.6 Å². The zero-order chi connectivity index (χ0) is 15.9.